The van der Waals surface area contributed by atoms with Gasteiger partial charge in [-0.25, -0.2) is 9.37 Å². The molecule has 4 rings (SSSR count). The Morgan fingerprint density at radius 2 is 2.00 bits per heavy atom. The Hall–Kier alpha value is -2.95. The molecule has 0 aliphatic carbocycles. The van der Waals surface area contributed by atoms with Crippen molar-refractivity contribution in [2.75, 3.05) is 13.1 Å². The number of hydrogen-bond donors (Lipinski definition) is 0. The average Bonchev–Trinajstić information content (AvgIpc) is 3.11. The minimum atomic E-state index is -0.334. The van der Waals surface area contributed by atoms with Crippen LogP contribution in [0.15, 0.2) is 59.0 Å². The fourth-order valence-electron chi connectivity index (χ4n) is 3.32. The summed E-state index contributed by atoms with van der Waals surface area (Å²) in [6.07, 6.45) is 4.80. The normalized spacial score (nSPS) is 17.9. The highest BCUT2D eigenvalue weighted by Gasteiger charge is 2.27. The molecule has 1 saturated heterocycles. The van der Waals surface area contributed by atoms with Crippen molar-refractivity contribution < 1.29 is 13.6 Å². The molecule has 1 aliphatic heterocycles. The lowest BCUT2D eigenvalue weighted by Gasteiger charge is -2.30. The fourth-order valence-corrected chi connectivity index (χ4v) is 3.32. The van der Waals surface area contributed by atoms with Gasteiger partial charge in [0.2, 0.25) is 5.91 Å². The lowest BCUT2D eigenvalue weighted by atomic mass is 9.98. The molecule has 4 nitrogen and oxygen atoms in total. The van der Waals surface area contributed by atoms with E-state index in [1.807, 2.05) is 24.3 Å². The number of aromatic nitrogens is 1. The number of likely N-dealkylation sites (tertiary alicyclic amines) is 1. The molecule has 0 spiro atoms. The van der Waals surface area contributed by atoms with Gasteiger partial charge in [-0.3, -0.25) is 4.79 Å². The molecular weight excluding hydrogens is 331 g/mol. The minimum Gasteiger partial charge on any atom is -0.440 e. The number of hydrogen-bond acceptors (Lipinski definition) is 3. The average molecular weight is 350 g/mol. The third kappa shape index (κ3) is 3.38. The summed E-state index contributed by atoms with van der Waals surface area (Å²) in [4.78, 5) is 18.8. The summed E-state index contributed by atoms with van der Waals surface area (Å²) >= 11 is 0. The first-order valence-electron chi connectivity index (χ1n) is 8.78. The van der Waals surface area contributed by atoms with E-state index >= 15 is 0 Å². The molecule has 1 unspecified atom stereocenters. The van der Waals surface area contributed by atoms with Crippen molar-refractivity contribution in [2.24, 2.45) is 0 Å². The summed E-state index contributed by atoms with van der Waals surface area (Å²) in [5, 5.41) is 0. The number of carbonyl (C=O) groups excluding carboxylic acids is 1. The number of piperidine rings is 1. The van der Waals surface area contributed by atoms with E-state index < -0.39 is 0 Å². The van der Waals surface area contributed by atoms with E-state index in [4.69, 9.17) is 4.42 Å². The molecule has 3 aromatic rings. The molecule has 1 amide bonds. The molecule has 0 saturated carbocycles. The summed E-state index contributed by atoms with van der Waals surface area (Å²) in [7, 11) is 0. The van der Waals surface area contributed by atoms with Gasteiger partial charge in [0, 0.05) is 24.7 Å². The second-order valence-electron chi connectivity index (χ2n) is 6.50. The van der Waals surface area contributed by atoms with Crippen LogP contribution in [0.25, 0.3) is 17.2 Å². The Balaban J connectivity index is 1.47. The van der Waals surface area contributed by atoms with Crippen LogP contribution in [0.3, 0.4) is 0 Å². The highest BCUT2D eigenvalue weighted by atomic mass is 19.1. The topological polar surface area (TPSA) is 46.3 Å². The van der Waals surface area contributed by atoms with Crippen LogP contribution in [-0.2, 0) is 4.79 Å². The van der Waals surface area contributed by atoms with E-state index in [0.717, 1.165) is 23.9 Å². The highest BCUT2D eigenvalue weighted by molar-refractivity contribution is 5.91. The van der Waals surface area contributed by atoms with Crippen LogP contribution in [0.5, 0.6) is 0 Å². The Labute approximate surface area is 150 Å². The summed E-state index contributed by atoms with van der Waals surface area (Å²) in [6.45, 7) is 1.25. The zero-order chi connectivity index (χ0) is 17.9. The predicted octanol–water partition coefficient (Wildman–Crippen LogP) is 4.39. The number of fused-ring (bicyclic) bond motifs is 1. The van der Waals surface area contributed by atoms with Crippen molar-refractivity contribution in [1.29, 1.82) is 0 Å². The molecule has 0 bridgehead atoms. The van der Waals surface area contributed by atoms with Crippen LogP contribution in [0.2, 0.25) is 0 Å². The third-order valence-electron chi connectivity index (χ3n) is 4.70. The van der Waals surface area contributed by atoms with Crippen molar-refractivity contribution in [3.63, 3.8) is 0 Å². The second-order valence-corrected chi connectivity index (χ2v) is 6.50. The molecule has 0 N–H and O–H groups in total. The van der Waals surface area contributed by atoms with Crippen molar-refractivity contribution in [3.8, 4) is 0 Å². The first-order chi connectivity index (χ1) is 12.7. The van der Waals surface area contributed by atoms with Gasteiger partial charge in [0.15, 0.2) is 11.5 Å². The predicted molar refractivity (Wildman–Crippen MR) is 98.0 cm³/mol. The summed E-state index contributed by atoms with van der Waals surface area (Å²) in [5.41, 5.74) is 2.02. The monoisotopic (exact) mass is 350 g/mol. The molecular formula is C21H19FN2O2. The Kier molecular flexibility index (Phi) is 4.52. The molecule has 1 aromatic heterocycles. The van der Waals surface area contributed by atoms with E-state index in [-0.39, 0.29) is 17.6 Å². The number of para-hydroxylation sites is 2. The molecule has 0 radical (unpaired) electrons. The van der Waals surface area contributed by atoms with Crippen molar-refractivity contribution >= 4 is 23.1 Å². The molecule has 26 heavy (non-hydrogen) atoms. The second kappa shape index (κ2) is 7.12. The van der Waals surface area contributed by atoms with Gasteiger partial charge < -0.3 is 9.32 Å². The maximum absolute atomic E-state index is 13.7. The summed E-state index contributed by atoms with van der Waals surface area (Å²) in [5.74, 6) is 0.317. The van der Waals surface area contributed by atoms with Crippen LogP contribution >= 0.6 is 0 Å². The molecule has 2 aromatic carbocycles. The first kappa shape index (κ1) is 16.5. The van der Waals surface area contributed by atoms with E-state index in [9.17, 15) is 9.18 Å². The number of oxazole rings is 1. The quantitative estimate of drug-likeness (QED) is 0.658. The highest BCUT2D eigenvalue weighted by Crippen LogP contribution is 2.29. The van der Waals surface area contributed by atoms with Gasteiger partial charge in [-0.2, -0.15) is 0 Å². The SMILES string of the molecule is O=C(C=Cc1ccccc1F)N1CCCC(c2nc3ccccc3o2)C1. The zero-order valence-electron chi connectivity index (χ0n) is 14.3. The van der Waals surface area contributed by atoms with Gasteiger partial charge in [-0.05, 0) is 37.1 Å². The molecule has 1 fully saturated rings. The van der Waals surface area contributed by atoms with Crippen LogP contribution in [0, 0.1) is 5.82 Å². The number of carbonyl (C=O) groups is 1. The van der Waals surface area contributed by atoms with Gasteiger partial charge in [-0.1, -0.05) is 30.3 Å². The Morgan fingerprint density at radius 3 is 2.85 bits per heavy atom. The van der Waals surface area contributed by atoms with Gasteiger partial charge >= 0.3 is 0 Å². The summed E-state index contributed by atoms with van der Waals surface area (Å²) < 4.78 is 19.5. The Bertz CT molecular complexity index is 930. The lowest BCUT2D eigenvalue weighted by molar-refractivity contribution is -0.127. The maximum Gasteiger partial charge on any atom is 0.246 e. The standard InChI is InChI=1S/C21H19FN2O2/c22-17-8-2-1-6-15(17)11-12-20(25)24-13-5-7-16(14-24)21-23-18-9-3-4-10-19(18)26-21/h1-4,6,8-12,16H,5,7,13-14H2. The van der Waals surface area contributed by atoms with Crippen molar-refractivity contribution in [3.05, 3.63) is 71.9 Å². The zero-order valence-corrected chi connectivity index (χ0v) is 14.3. The van der Waals surface area contributed by atoms with E-state index in [0.29, 0.717) is 24.5 Å². The van der Waals surface area contributed by atoms with Gasteiger partial charge in [-0.15, -0.1) is 0 Å². The van der Waals surface area contributed by atoms with Crippen LogP contribution in [0.1, 0.15) is 30.2 Å². The molecule has 2 heterocycles. The number of amides is 1. The molecule has 132 valence electrons. The van der Waals surface area contributed by atoms with Crippen LogP contribution < -0.4 is 0 Å². The van der Waals surface area contributed by atoms with Gasteiger partial charge in [0.05, 0.1) is 5.92 Å². The summed E-state index contributed by atoms with van der Waals surface area (Å²) in [6, 6.07) is 14.1. The number of halogens is 1. The smallest absolute Gasteiger partial charge is 0.246 e. The van der Waals surface area contributed by atoms with Gasteiger partial charge in [0.25, 0.3) is 0 Å². The van der Waals surface area contributed by atoms with Gasteiger partial charge in [0.1, 0.15) is 11.3 Å². The molecule has 5 heteroatoms. The van der Waals surface area contributed by atoms with Crippen LogP contribution in [-0.4, -0.2) is 28.9 Å². The number of benzene rings is 2. The molecule has 1 atom stereocenters. The van der Waals surface area contributed by atoms with Crippen molar-refractivity contribution in [2.45, 2.75) is 18.8 Å². The Morgan fingerprint density at radius 1 is 1.19 bits per heavy atom. The number of rotatable bonds is 3. The molecule has 1 aliphatic rings. The largest absolute Gasteiger partial charge is 0.440 e. The van der Waals surface area contributed by atoms with Crippen LogP contribution in [0.4, 0.5) is 4.39 Å². The van der Waals surface area contributed by atoms with E-state index in [2.05, 4.69) is 4.98 Å². The maximum atomic E-state index is 13.7. The van der Waals surface area contributed by atoms with E-state index in [1.165, 1.54) is 18.2 Å². The third-order valence-corrected chi connectivity index (χ3v) is 4.70. The lowest BCUT2D eigenvalue weighted by Crippen LogP contribution is -2.38. The van der Waals surface area contributed by atoms with E-state index in [1.54, 1.807) is 23.1 Å². The van der Waals surface area contributed by atoms with Crippen molar-refractivity contribution in [1.82, 2.24) is 9.88 Å². The fraction of sp³-hybridized carbons (Fsp3) is 0.238. The number of nitrogens with zero attached hydrogens (tertiary/aromatic N) is 2. The minimum absolute atomic E-state index is 0.0851. The first-order valence-corrected chi connectivity index (χ1v) is 8.78.